The molecule has 18 heavy (non-hydrogen) atoms. The Hall–Kier alpha value is -1.51. The molecular formula is C15H15ClO2. The first-order valence-electron chi connectivity index (χ1n) is 5.76. The average molecular weight is 263 g/mol. The summed E-state index contributed by atoms with van der Waals surface area (Å²) in [6.45, 7) is 0. The van der Waals surface area contributed by atoms with E-state index in [2.05, 4.69) is 0 Å². The summed E-state index contributed by atoms with van der Waals surface area (Å²) in [6, 6.07) is 15.0. The normalized spacial score (nSPS) is 12.2. The van der Waals surface area contributed by atoms with Crippen LogP contribution in [0.3, 0.4) is 0 Å². The second-order valence-corrected chi connectivity index (χ2v) is 4.50. The van der Waals surface area contributed by atoms with Gasteiger partial charge in [-0.25, -0.2) is 0 Å². The summed E-state index contributed by atoms with van der Waals surface area (Å²) in [5.41, 5.74) is 1.77. The minimum absolute atomic E-state index is 0.493. The largest absolute Gasteiger partial charge is 0.497 e. The van der Waals surface area contributed by atoms with E-state index in [1.54, 1.807) is 7.11 Å². The summed E-state index contributed by atoms with van der Waals surface area (Å²) >= 11 is 6.08. The van der Waals surface area contributed by atoms with Crippen LogP contribution in [0, 0.1) is 0 Å². The van der Waals surface area contributed by atoms with E-state index in [0.717, 1.165) is 16.9 Å². The highest BCUT2D eigenvalue weighted by atomic mass is 35.5. The Labute approximate surface area is 112 Å². The molecule has 94 valence electrons. The molecule has 0 amide bonds. The molecule has 0 aliphatic heterocycles. The van der Waals surface area contributed by atoms with Crippen molar-refractivity contribution in [2.75, 3.05) is 7.11 Å². The lowest BCUT2D eigenvalue weighted by molar-refractivity contribution is 0.178. The third-order valence-electron chi connectivity index (χ3n) is 2.85. The summed E-state index contributed by atoms with van der Waals surface area (Å²) in [7, 11) is 1.61. The lowest BCUT2D eigenvalue weighted by Gasteiger charge is -2.13. The van der Waals surface area contributed by atoms with E-state index in [0.29, 0.717) is 11.4 Å². The van der Waals surface area contributed by atoms with Gasteiger partial charge in [0.15, 0.2) is 0 Å². The Bertz CT molecular complexity index is 525. The fourth-order valence-electron chi connectivity index (χ4n) is 1.84. The van der Waals surface area contributed by atoms with Gasteiger partial charge in [-0.1, -0.05) is 41.9 Å². The van der Waals surface area contributed by atoms with Crippen LogP contribution in [0.1, 0.15) is 17.2 Å². The van der Waals surface area contributed by atoms with Crippen LogP contribution >= 0.6 is 11.6 Å². The Kier molecular flexibility index (Phi) is 4.24. The maximum atomic E-state index is 10.2. The molecule has 0 radical (unpaired) electrons. The highest BCUT2D eigenvalue weighted by Gasteiger charge is 2.11. The average Bonchev–Trinajstić information content (AvgIpc) is 2.41. The van der Waals surface area contributed by atoms with E-state index >= 15 is 0 Å². The molecule has 0 bridgehead atoms. The molecule has 0 aliphatic rings. The van der Waals surface area contributed by atoms with Gasteiger partial charge < -0.3 is 9.84 Å². The molecule has 1 N–H and O–H groups in total. The molecule has 0 saturated carbocycles. The highest BCUT2D eigenvalue weighted by Crippen LogP contribution is 2.25. The molecule has 0 fully saturated rings. The predicted molar refractivity (Wildman–Crippen MR) is 73.1 cm³/mol. The van der Waals surface area contributed by atoms with Gasteiger partial charge in [-0.05, 0) is 29.3 Å². The zero-order chi connectivity index (χ0) is 13.0. The summed E-state index contributed by atoms with van der Waals surface area (Å²) in [4.78, 5) is 0. The summed E-state index contributed by atoms with van der Waals surface area (Å²) in [6.07, 6.45) is -0.0904. The second kappa shape index (κ2) is 5.89. The van der Waals surface area contributed by atoms with E-state index in [1.165, 1.54) is 0 Å². The molecule has 3 heteroatoms. The lowest BCUT2D eigenvalue weighted by Crippen LogP contribution is -2.02. The molecular weight excluding hydrogens is 248 g/mol. The zero-order valence-electron chi connectivity index (χ0n) is 10.1. The van der Waals surface area contributed by atoms with Crippen molar-refractivity contribution < 1.29 is 9.84 Å². The Balaban J connectivity index is 2.16. The Morgan fingerprint density at radius 1 is 1.17 bits per heavy atom. The topological polar surface area (TPSA) is 29.5 Å². The standard InChI is InChI=1S/C15H15ClO2/c1-18-13-7-4-6-12(9-13)15(17)10-11-5-2-3-8-14(11)16/h2-9,15,17H,10H2,1H3. The third kappa shape index (κ3) is 3.03. The summed E-state index contributed by atoms with van der Waals surface area (Å²) in [5.74, 6) is 0.741. The fraction of sp³-hybridized carbons (Fsp3) is 0.200. The smallest absolute Gasteiger partial charge is 0.119 e. The van der Waals surface area contributed by atoms with Crippen molar-refractivity contribution in [1.29, 1.82) is 0 Å². The number of halogens is 1. The Morgan fingerprint density at radius 3 is 2.67 bits per heavy atom. The van der Waals surface area contributed by atoms with Gasteiger partial charge in [0.05, 0.1) is 13.2 Å². The highest BCUT2D eigenvalue weighted by molar-refractivity contribution is 6.31. The van der Waals surface area contributed by atoms with E-state index in [9.17, 15) is 5.11 Å². The van der Waals surface area contributed by atoms with Crippen LogP contribution in [0.2, 0.25) is 5.02 Å². The van der Waals surface area contributed by atoms with Crippen molar-refractivity contribution >= 4 is 11.6 Å². The number of methoxy groups -OCH3 is 1. The predicted octanol–water partition coefficient (Wildman–Crippen LogP) is 3.62. The molecule has 1 unspecified atom stereocenters. The van der Waals surface area contributed by atoms with Crippen molar-refractivity contribution in [3.05, 3.63) is 64.7 Å². The number of hydrogen-bond donors (Lipinski definition) is 1. The van der Waals surface area contributed by atoms with Crippen molar-refractivity contribution in [2.24, 2.45) is 0 Å². The van der Waals surface area contributed by atoms with Crippen LogP contribution in [0.4, 0.5) is 0 Å². The number of aliphatic hydroxyl groups is 1. The number of ether oxygens (including phenoxy) is 1. The molecule has 0 spiro atoms. The van der Waals surface area contributed by atoms with Gasteiger partial charge in [-0.3, -0.25) is 0 Å². The molecule has 0 heterocycles. The van der Waals surface area contributed by atoms with Gasteiger partial charge in [-0.2, -0.15) is 0 Å². The van der Waals surface area contributed by atoms with Gasteiger partial charge in [0, 0.05) is 11.4 Å². The second-order valence-electron chi connectivity index (χ2n) is 4.09. The van der Waals surface area contributed by atoms with Crippen LogP contribution in [0.15, 0.2) is 48.5 Å². The van der Waals surface area contributed by atoms with Crippen molar-refractivity contribution in [1.82, 2.24) is 0 Å². The van der Waals surface area contributed by atoms with Crippen LogP contribution in [-0.2, 0) is 6.42 Å². The summed E-state index contributed by atoms with van der Waals surface area (Å²) in [5, 5.41) is 10.9. The molecule has 0 saturated heterocycles. The van der Waals surface area contributed by atoms with Gasteiger partial charge in [0.2, 0.25) is 0 Å². The molecule has 0 aliphatic carbocycles. The number of hydrogen-bond acceptors (Lipinski definition) is 2. The zero-order valence-corrected chi connectivity index (χ0v) is 10.9. The maximum absolute atomic E-state index is 10.2. The Morgan fingerprint density at radius 2 is 1.94 bits per heavy atom. The van der Waals surface area contributed by atoms with Gasteiger partial charge in [0.1, 0.15) is 5.75 Å². The van der Waals surface area contributed by atoms with Gasteiger partial charge in [0.25, 0.3) is 0 Å². The van der Waals surface area contributed by atoms with Crippen molar-refractivity contribution in [3.8, 4) is 5.75 Å². The van der Waals surface area contributed by atoms with E-state index in [1.807, 2.05) is 48.5 Å². The van der Waals surface area contributed by atoms with E-state index < -0.39 is 6.10 Å². The van der Waals surface area contributed by atoms with E-state index in [-0.39, 0.29) is 0 Å². The minimum Gasteiger partial charge on any atom is -0.497 e. The fourth-order valence-corrected chi connectivity index (χ4v) is 2.05. The molecule has 2 rings (SSSR count). The minimum atomic E-state index is -0.583. The molecule has 2 nitrogen and oxygen atoms in total. The maximum Gasteiger partial charge on any atom is 0.119 e. The monoisotopic (exact) mass is 262 g/mol. The number of rotatable bonds is 4. The lowest BCUT2D eigenvalue weighted by atomic mass is 10.0. The van der Waals surface area contributed by atoms with Crippen LogP contribution < -0.4 is 4.74 Å². The SMILES string of the molecule is COc1cccc(C(O)Cc2ccccc2Cl)c1. The number of benzene rings is 2. The van der Waals surface area contributed by atoms with E-state index in [4.69, 9.17) is 16.3 Å². The van der Waals surface area contributed by atoms with Crippen molar-refractivity contribution in [2.45, 2.75) is 12.5 Å². The molecule has 2 aromatic rings. The molecule has 0 aromatic heterocycles. The molecule has 2 aromatic carbocycles. The summed E-state index contributed by atoms with van der Waals surface area (Å²) < 4.78 is 5.14. The molecule has 1 atom stereocenters. The first-order chi connectivity index (χ1) is 8.70. The van der Waals surface area contributed by atoms with Crippen LogP contribution in [-0.4, -0.2) is 12.2 Å². The third-order valence-corrected chi connectivity index (χ3v) is 3.22. The first-order valence-corrected chi connectivity index (χ1v) is 6.14. The first kappa shape index (κ1) is 12.9. The van der Waals surface area contributed by atoms with Gasteiger partial charge in [-0.15, -0.1) is 0 Å². The quantitative estimate of drug-likeness (QED) is 0.912. The van der Waals surface area contributed by atoms with Crippen LogP contribution in [0.5, 0.6) is 5.75 Å². The van der Waals surface area contributed by atoms with Crippen molar-refractivity contribution in [3.63, 3.8) is 0 Å². The van der Waals surface area contributed by atoms with Crippen LogP contribution in [0.25, 0.3) is 0 Å². The van der Waals surface area contributed by atoms with Gasteiger partial charge >= 0.3 is 0 Å². The number of aliphatic hydroxyl groups excluding tert-OH is 1.